The van der Waals surface area contributed by atoms with E-state index in [1.54, 1.807) is 12.1 Å². The van der Waals surface area contributed by atoms with E-state index in [4.69, 9.17) is 4.42 Å². The van der Waals surface area contributed by atoms with Crippen LogP contribution in [0.4, 0.5) is 5.69 Å². The lowest BCUT2D eigenvalue weighted by Gasteiger charge is -1.98. The van der Waals surface area contributed by atoms with E-state index in [2.05, 4.69) is 10.2 Å². The highest BCUT2D eigenvalue weighted by Crippen LogP contribution is 2.25. The predicted molar refractivity (Wildman–Crippen MR) is 92.1 cm³/mol. The second-order valence-corrected chi connectivity index (χ2v) is 6.32. The van der Waals surface area contributed by atoms with Gasteiger partial charge in [0.25, 0.3) is 10.9 Å². The lowest BCUT2D eigenvalue weighted by atomic mass is 10.1. The third-order valence-corrected chi connectivity index (χ3v) is 4.11. The zero-order chi connectivity index (χ0) is 17.8. The first-order valence-corrected chi connectivity index (χ1v) is 8.17. The van der Waals surface area contributed by atoms with Crippen LogP contribution in [0.25, 0.3) is 11.5 Å². The van der Waals surface area contributed by atoms with Gasteiger partial charge in [-0.25, -0.2) is 0 Å². The van der Waals surface area contributed by atoms with Crippen molar-refractivity contribution in [2.24, 2.45) is 0 Å². The van der Waals surface area contributed by atoms with E-state index in [9.17, 15) is 14.9 Å². The zero-order valence-corrected chi connectivity index (χ0v) is 14.0. The van der Waals surface area contributed by atoms with Crippen molar-refractivity contribution in [1.82, 2.24) is 10.2 Å². The van der Waals surface area contributed by atoms with Crippen molar-refractivity contribution in [2.45, 2.75) is 18.6 Å². The van der Waals surface area contributed by atoms with Gasteiger partial charge >= 0.3 is 0 Å². The molecule has 0 amide bonds. The molecule has 0 radical (unpaired) electrons. The van der Waals surface area contributed by atoms with Crippen molar-refractivity contribution in [1.29, 1.82) is 0 Å². The number of nitro benzene ring substituents is 1. The topological polar surface area (TPSA) is 99.1 Å². The SMILES string of the molecule is Cc1ccc(-c2nnc(SC(=O)Cc3ccc([N+](=O)[O-])cc3)o2)cc1. The molecule has 3 aromatic rings. The molecule has 0 spiro atoms. The largest absolute Gasteiger partial charge is 0.411 e. The van der Waals surface area contributed by atoms with Gasteiger partial charge < -0.3 is 4.42 Å². The molecule has 0 bridgehead atoms. The Hall–Kier alpha value is -3.00. The molecule has 3 rings (SSSR count). The molecular weight excluding hydrogens is 342 g/mol. The van der Waals surface area contributed by atoms with Gasteiger partial charge in [0.1, 0.15) is 0 Å². The first kappa shape index (κ1) is 16.8. The van der Waals surface area contributed by atoms with Crippen LogP contribution >= 0.6 is 11.8 Å². The van der Waals surface area contributed by atoms with Crippen LogP contribution in [0.2, 0.25) is 0 Å². The van der Waals surface area contributed by atoms with Crippen LogP contribution in [-0.2, 0) is 11.2 Å². The molecule has 0 atom stereocenters. The molecule has 0 saturated heterocycles. The van der Waals surface area contributed by atoms with Gasteiger partial charge in [-0.1, -0.05) is 29.8 Å². The summed E-state index contributed by atoms with van der Waals surface area (Å²) in [5.41, 5.74) is 2.58. The minimum absolute atomic E-state index is 0.0107. The summed E-state index contributed by atoms with van der Waals surface area (Å²) < 4.78 is 5.50. The standard InChI is InChI=1S/C17H13N3O4S/c1-11-2-6-13(7-3-11)16-18-19-17(24-16)25-15(21)10-12-4-8-14(9-5-12)20(22)23/h2-9H,10H2,1H3. The molecule has 7 nitrogen and oxygen atoms in total. The number of hydrogen-bond donors (Lipinski definition) is 0. The quantitative estimate of drug-likeness (QED) is 0.390. The maximum Gasteiger partial charge on any atom is 0.284 e. The van der Waals surface area contributed by atoms with Gasteiger partial charge in [-0.05, 0) is 24.6 Å². The fraction of sp³-hybridized carbons (Fsp3) is 0.118. The van der Waals surface area contributed by atoms with Gasteiger partial charge in [0, 0.05) is 35.9 Å². The number of aromatic nitrogens is 2. The van der Waals surface area contributed by atoms with Crippen LogP contribution in [0.1, 0.15) is 11.1 Å². The number of hydrogen-bond acceptors (Lipinski definition) is 7. The van der Waals surface area contributed by atoms with E-state index in [1.165, 1.54) is 12.1 Å². The predicted octanol–water partition coefficient (Wildman–Crippen LogP) is 3.81. The summed E-state index contributed by atoms with van der Waals surface area (Å²) in [6.07, 6.45) is 0.116. The van der Waals surface area contributed by atoms with E-state index in [0.29, 0.717) is 11.5 Å². The Bertz CT molecular complexity index is 904. The number of benzene rings is 2. The summed E-state index contributed by atoms with van der Waals surface area (Å²) in [6.45, 7) is 1.98. The summed E-state index contributed by atoms with van der Waals surface area (Å²) in [5.74, 6) is 0.352. The first-order valence-electron chi connectivity index (χ1n) is 7.36. The molecule has 0 unspecified atom stereocenters. The molecule has 2 aromatic carbocycles. The molecule has 0 fully saturated rings. The van der Waals surface area contributed by atoms with Crippen molar-refractivity contribution in [2.75, 3.05) is 0 Å². The van der Waals surface area contributed by atoms with E-state index >= 15 is 0 Å². The summed E-state index contributed by atoms with van der Waals surface area (Å²) in [5, 5.41) is 18.4. The number of thioether (sulfide) groups is 1. The van der Waals surface area contributed by atoms with Gasteiger partial charge in [0.05, 0.1) is 4.92 Å². The molecule has 25 heavy (non-hydrogen) atoms. The normalized spacial score (nSPS) is 10.6. The van der Waals surface area contributed by atoms with E-state index < -0.39 is 4.92 Å². The van der Waals surface area contributed by atoms with Gasteiger partial charge in [-0.2, -0.15) is 0 Å². The number of non-ortho nitro benzene ring substituents is 1. The number of nitrogens with zero attached hydrogens (tertiary/aromatic N) is 3. The van der Waals surface area contributed by atoms with Crippen molar-refractivity contribution in [3.05, 3.63) is 69.8 Å². The third-order valence-electron chi connectivity index (χ3n) is 3.40. The van der Waals surface area contributed by atoms with Gasteiger partial charge in [0.2, 0.25) is 11.0 Å². The second-order valence-electron chi connectivity index (χ2n) is 5.31. The van der Waals surface area contributed by atoms with Crippen LogP contribution in [0.5, 0.6) is 0 Å². The first-order chi connectivity index (χ1) is 12.0. The molecular formula is C17H13N3O4S. The van der Waals surface area contributed by atoms with Crippen molar-refractivity contribution in [3.63, 3.8) is 0 Å². The number of rotatable bonds is 5. The monoisotopic (exact) mass is 355 g/mol. The maximum absolute atomic E-state index is 12.1. The Labute approximate surface area is 147 Å². The number of aryl methyl sites for hydroxylation is 1. The average molecular weight is 355 g/mol. The fourth-order valence-corrected chi connectivity index (χ4v) is 2.74. The van der Waals surface area contributed by atoms with E-state index in [-0.39, 0.29) is 22.4 Å². The second kappa shape index (κ2) is 7.27. The highest BCUT2D eigenvalue weighted by atomic mass is 32.2. The molecule has 126 valence electrons. The van der Waals surface area contributed by atoms with Crippen molar-refractivity contribution in [3.8, 4) is 11.5 Å². The molecule has 8 heteroatoms. The van der Waals surface area contributed by atoms with Crippen LogP contribution in [-0.4, -0.2) is 20.2 Å². The lowest BCUT2D eigenvalue weighted by Crippen LogP contribution is -1.98. The molecule has 0 aliphatic carbocycles. The number of nitro groups is 1. The Morgan fingerprint density at radius 3 is 2.44 bits per heavy atom. The zero-order valence-electron chi connectivity index (χ0n) is 13.2. The summed E-state index contributed by atoms with van der Waals surface area (Å²) >= 11 is 0.855. The Morgan fingerprint density at radius 1 is 1.12 bits per heavy atom. The van der Waals surface area contributed by atoms with Gasteiger partial charge in [-0.15, -0.1) is 10.2 Å². The highest BCUT2D eigenvalue weighted by molar-refractivity contribution is 8.13. The van der Waals surface area contributed by atoms with E-state index in [1.807, 2.05) is 31.2 Å². The van der Waals surface area contributed by atoms with Crippen LogP contribution in [0.15, 0.2) is 58.2 Å². The molecule has 1 aromatic heterocycles. The molecule has 1 heterocycles. The summed E-state index contributed by atoms with van der Waals surface area (Å²) in [4.78, 5) is 22.2. The molecule has 0 aliphatic heterocycles. The Kier molecular flexibility index (Phi) is 4.90. The van der Waals surface area contributed by atoms with Crippen LogP contribution < -0.4 is 0 Å². The molecule has 0 N–H and O–H groups in total. The van der Waals surface area contributed by atoms with Crippen molar-refractivity contribution >= 4 is 22.6 Å². The summed E-state index contributed by atoms with van der Waals surface area (Å²) in [7, 11) is 0. The third kappa shape index (κ3) is 4.30. The average Bonchev–Trinajstić information content (AvgIpc) is 3.04. The number of carbonyl (C=O) groups excluding carboxylic acids is 1. The highest BCUT2D eigenvalue weighted by Gasteiger charge is 2.14. The molecule has 0 saturated carbocycles. The minimum Gasteiger partial charge on any atom is -0.411 e. The molecule has 0 aliphatic rings. The van der Waals surface area contributed by atoms with Gasteiger partial charge in [-0.3, -0.25) is 14.9 Å². The lowest BCUT2D eigenvalue weighted by molar-refractivity contribution is -0.384. The Balaban J connectivity index is 1.63. The van der Waals surface area contributed by atoms with Gasteiger partial charge in [0.15, 0.2) is 0 Å². The van der Waals surface area contributed by atoms with Crippen LogP contribution in [0, 0.1) is 17.0 Å². The maximum atomic E-state index is 12.1. The minimum atomic E-state index is -0.481. The summed E-state index contributed by atoms with van der Waals surface area (Å²) in [6, 6.07) is 13.5. The van der Waals surface area contributed by atoms with Crippen molar-refractivity contribution < 1.29 is 14.1 Å². The van der Waals surface area contributed by atoms with Crippen LogP contribution in [0.3, 0.4) is 0 Å². The number of carbonyl (C=O) groups is 1. The Morgan fingerprint density at radius 2 is 1.80 bits per heavy atom. The fourth-order valence-electron chi connectivity index (χ4n) is 2.10. The smallest absolute Gasteiger partial charge is 0.284 e. The van der Waals surface area contributed by atoms with E-state index in [0.717, 1.165) is 22.9 Å².